The van der Waals surface area contributed by atoms with Crippen LogP contribution in [0.2, 0.25) is 0 Å². The molecule has 8 nitrogen and oxygen atoms in total. The molecule has 0 radical (unpaired) electrons. The Morgan fingerprint density at radius 3 is 1.97 bits per heavy atom. The average Bonchev–Trinajstić information content (AvgIpc) is 2.91. The normalized spacial score (nSPS) is 11.9. The lowest BCUT2D eigenvalue weighted by molar-refractivity contribution is -0.139. The zero-order valence-electron chi connectivity index (χ0n) is 22.5. The number of sulfonamides is 1. The molecule has 9 heteroatoms. The number of nitrogens with one attached hydrogen (secondary N) is 1. The highest BCUT2D eigenvalue weighted by Crippen LogP contribution is 2.25. The van der Waals surface area contributed by atoms with Crippen molar-refractivity contribution in [2.75, 3.05) is 24.5 Å². The summed E-state index contributed by atoms with van der Waals surface area (Å²) in [5.74, 6) is -0.161. The standard InChI is InChI=1S/C29H35N3O5S/c1-6-30-29(34)23(4)31(19-24-11-15-26(37-5)16-12-24)28(33)20-32(25-13-7-21(2)8-14-25)38(35,36)27-17-9-22(3)10-18-27/h7-18,23H,6,19-20H2,1-5H3,(H,30,34). The zero-order chi connectivity index (χ0) is 27.9. The summed E-state index contributed by atoms with van der Waals surface area (Å²) in [5, 5.41) is 2.75. The first kappa shape index (κ1) is 28.7. The van der Waals surface area contributed by atoms with Gasteiger partial charge < -0.3 is 15.0 Å². The first-order valence-corrected chi connectivity index (χ1v) is 13.9. The fourth-order valence-corrected chi connectivity index (χ4v) is 5.32. The average molecular weight is 538 g/mol. The van der Waals surface area contributed by atoms with Crippen LogP contribution in [-0.2, 0) is 26.2 Å². The van der Waals surface area contributed by atoms with Gasteiger partial charge in [0.05, 0.1) is 17.7 Å². The number of aryl methyl sites for hydroxylation is 2. The quantitative estimate of drug-likeness (QED) is 0.398. The van der Waals surface area contributed by atoms with Gasteiger partial charge in [-0.15, -0.1) is 0 Å². The molecule has 0 saturated carbocycles. The van der Waals surface area contributed by atoms with Crippen molar-refractivity contribution in [3.8, 4) is 5.75 Å². The number of carbonyl (C=O) groups excluding carboxylic acids is 2. The number of hydrogen-bond acceptors (Lipinski definition) is 5. The molecule has 2 amide bonds. The number of ether oxygens (including phenoxy) is 1. The SMILES string of the molecule is CCNC(=O)C(C)N(Cc1ccc(OC)cc1)C(=O)CN(c1ccc(C)cc1)S(=O)(=O)c1ccc(C)cc1. The number of anilines is 1. The minimum Gasteiger partial charge on any atom is -0.497 e. The lowest BCUT2D eigenvalue weighted by atomic mass is 10.1. The lowest BCUT2D eigenvalue weighted by Gasteiger charge is -2.32. The molecule has 202 valence electrons. The van der Waals surface area contributed by atoms with Gasteiger partial charge in [-0.3, -0.25) is 13.9 Å². The molecule has 0 saturated heterocycles. The van der Waals surface area contributed by atoms with Crippen LogP contribution in [0.15, 0.2) is 77.7 Å². The number of benzene rings is 3. The molecular formula is C29H35N3O5S. The molecule has 38 heavy (non-hydrogen) atoms. The molecular weight excluding hydrogens is 502 g/mol. The number of rotatable bonds is 11. The van der Waals surface area contributed by atoms with Gasteiger partial charge in [0, 0.05) is 13.1 Å². The lowest BCUT2D eigenvalue weighted by Crippen LogP contribution is -2.51. The van der Waals surface area contributed by atoms with E-state index in [4.69, 9.17) is 4.74 Å². The van der Waals surface area contributed by atoms with Crippen molar-refractivity contribution < 1.29 is 22.7 Å². The monoisotopic (exact) mass is 537 g/mol. The Hall–Kier alpha value is -3.85. The summed E-state index contributed by atoms with van der Waals surface area (Å²) in [4.78, 5) is 28.1. The third-order valence-electron chi connectivity index (χ3n) is 6.24. The van der Waals surface area contributed by atoms with E-state index in [1.807, 2.05) is 26.0 Å². The van der Waals surface area contributed by atoms with Gasteiger partial charge in [0.1, 0.15) is 18.3 Å². The van der Waals surface area contributed by atoms with E-state index in [0.717, 1.165) is 21.0 Å². The summed E-state index contributed by atoms with van der Waals surface area (Å²) in [5.41, 5.74) is 3.01. The summed E-state index contributed by atoms with van der Waals surface area (Å²) in [6, 6.07) is 19.8. The minimum atomic E-state index is -4.08. The van der Waals surface area contributed by atoms with Crippen LogP contribution in [0.1, 0.15) is 30.5 Å². The first-order valence-electron chi connectivity index (χ1n) is 12.4. The molecule has 0 bridgehead atoms. The molecule has 3 aromatic carbocycles. The Morgan fingerprint density at radius 1 is 0.895 bits per heavy atom. The van der Waals surface area contributed by atoms with E-state index in [9.17, 15) is 18.0 Å². The highest BCUT2D eigenvalue weighted by molar-refractivity contribution is 7.92. The van der Waals surface area contributed by atoms with Crippen LogP contribution >= 0.6 is 0 Å². The predicted molar refractivity (Wildman–Crippen MR) is 149 cm³/mol. The molecule has 0 spiro atoms. The Kier molecular flexibility index (Phi) is 9.52. The van der Waals surface area contributed by atoms with Crippen molar-refractivity contribution in [3.05, 3.63) is 89.5 Å². The molecule has 0 aromatic heterocycles. The van der Waals surface area contributed by atoms with E-state index in [1.165, 1.54) is 17.0 Å². The topological polar surface area (TPSA) is 96.0 Å². The number of nitrogens with zero attached hydrogens (tertiary/aromatic N) is 2. The van der Waals surface area contributed by atoms with Crippen LogP contribution in [0.4, 0.5) is 5.69 Å². The van der Waals surface area contributed by atoms with Crippen molar-refractivity contribution in [2.24, 2.45) is 0 Å². The Balaban J connectivity index is 2.01. The second kappa shape index (κ2) is 12.6. The smallest absolute Gasteiger partial charge is 0.264 e. The van der Waals surface area contributed by atoms with E-state index in [0.29, 0.717) is 18.0 Å². The molecule has 0 fully saturated rings. The largest absolute Gasteiger partial charge is 0.497 e. The van der Waals surface area contributed by atoms with Crippen molar-refractivity contribution in [3.63, 3.8) is 0 Å². The van der Waals surface area contributed by atoms with E-state index < -0.39 is 28.5 Å². The fraction of sp³-hybridized carbons (Fsp3) is 0.310. The minimum absolute atomic E-state index is 0.0787. The summed E-state index contributed by atoms with van der Waals surface area (Å²) < 4.78 is 33.9. The van der Waals surface area contributed by atoms with Crippen LogP contribution in [0.5, 0.6) is 5.75 Å². The van der Waals surface area contributed by atoms with Crippen LogP contribution in [0.25, 0.3) is 0 Å². The molecule has 1 atom stereocenters. The van der Waals surface area contributed by atoms with Gasteiger partial charge in [-0.05, 0) is 69.7 Å². The zero-order valence-corrected chi connectivity index (χ0v) is 23.3. The van der Waals surface area contributed by atoms with Gasteiger partial charge in [-0.2, -0.15) is 0 Å². The van der Waals surface area contributed by atoms with Crippen molar-refractivity contribution in [1.29, 1.82) is 0 Å². The third kappa shape index (κ3) is 6.92. The molecule has 1 N–H and O–H groups in total. The van der Waals surface area contributed by atoms with Gasteiger partial charge >= 0.3 is 0 Å². The van der Waals surface area contributed by atoms with Crippen LogP contribution in [0, 0.1) is 13.8 Å². The molecule has 0 aliphatic rings. The van der Waals surface area contributed by atoms with Crippen molar-refractivity contribution >= 4 is 27.5 Å². The molecule has 0 aliphatic carbocycles. The maximum Gasteiger partial charge on any atom is 0.264 e. The summed E-state index contributed by atoms with van der Waals surface area (Å²) in [7, 11) is -2.52. The summed E-state index contributed by atoms with van der Waals surface area (Å²) in [6.07, 6.45) is 0. The number of carbonyl (C=O) groups is 2. The third-order valence-corrected chi connectivity index (χ3v) is 8.03. The molecule has 3 aromatic rings. The maximum absolute atomic E-state index is 13.8. The summed E-state index contributed by atoms with van der Waals surface area (Å²) >= 11 is 0. The van der Waals surface area contributed by atoms with Crippen LogP contribution < -0.4 is 14.4 Å². The van der Waals surface area contributed by atoms with E-state index >= 15 is 0 Å². The van der Waals surface area contributed by atoms with Crippen molar-refractivity contribution in [1.82, 2.24) is 10.2 Å². The second-order valence-electron chi connectivity index (χ2n) is 9.10. The number of methoxy groups -OCH3 is 1. The first-order chi connectivity index (χ1) is 18.1. The number of amides is 2. The van der Waals surface area contributed by atoms with Gasteiger partial charge in [0.15, 0.2) is 0 Å². The van der Waals surface area contributed by atoms with Gasteiger partial charge in [0.2, 0.25) is 11.8 Å². The fourth-order valence-electron chi connectivity index (χ4n) is 3.91. The highest BCUT2D eigenvalue weighted by Gasteiger charge is 2.32. The van der Waals surface area contributed by atoms with Gasteiger partial charge in [0.25, 0.3) is 10.0 Å². The van der Waals surface area contributed by atoms with Crippen molar-refractivity contribution in [2.45, 2.75) is 45.2 Å². The van der Waals surface area contributed by atoms with Gasteiger partial charge in [-0.1, -0.05) is 47.5 Å². The highest BCUT2D eigenvalue weighted by atomic mass is 32.2. The van der Waals surface area contributed by atoms with E-state index in [2.05, 4.69) is 5.32 Å². The Morgan fingerprint density at radius 2 is 1.45 bits per heavy atom. The van der Waals surface area contributed by atoms with Gasteiger partial charge in [-0.25, -0.2) is 8.42 Å². The van der Waals surface area contributed by atoms with Crippen LogP contribution in [-0.4, -0.2) is 51.4 Å². The second-order valence-corrected chi connectivity index (χ2v) is 11.0. The Labute approximate surface area is 225 Å². The molecule has 3 rings (SSSR count). The molecule has 1 unspecified atom stereocenters. The Bertz CT molecular complexity index is 1340. The number of likely N-dealkylation sites (N-methyl/N-ethyl adjacent to an activating group) is 1. The maximum atomic E-state index is 13.8. The van der Waals surface area contributed by atoms with E-state index in [-0.39, 0.29) is 17.3 Å². The van der Waals surface area contributed by atoms with Crippen LogP contribution in [0.3, 0.4) is 0 Å². The number of hydrogen-bond donors (Lipinski definition) is 1. The van der Waals surface area contributed by atoms with E-state index in [1.54, 1.807) is 69.5 Å². The molecule has 0 heterocycles. The summed E-state index contributed by atoms with van der Waals surface area (Å²) in [6.45, 7) is 7.26. The molecule has 0 aliphatic heterocycles. The predicted octanol–water partition coefficient (Wildman–Crippen LogP) is 4.06.